The third kappa shape index (κ3) is 4.99. The Morgan fingerprint density at radius 3 is 2.34 bits per heavy atom. The van der Waals surface area contributed by atoms with Crippen molar-refractivity contribution in [2.45, 2.75) is 25.5 Å². The highest BCUT2D eigenvalue weighted by Gasteiger charge is 2.28. The number of hydrogen-bond acceptors (Lipinski definition) is 9. The molecule has 10 heteroatoms. The number of rotatable bonds is 8. The van der Waals surface area contributed by atoms with Crippen LogP contribution in [0.2, 0.25) is 0 Å². The third-order valence-corrected chi connectivity index (χ3v) is 8.10. The van der Waals surface area contributed by atoms with Gasteiger partial charge in [-0.1, -0.05) is 42.5 Å². The summed E-state index contributed by atoms with van der Waals surface area (Å²) in [5, 5.41) is 0. The summed E-state index contributed by atoms with van der Waals surface area (Å²) in [6, 6.07) is 26.2. The maximum Gasteiger partial charge on any atom is 0.275 e. The number of nitrogens with zero attached hydrogens (tertiary/aromatic N) is 5. The zero-order valence-corrected chi connectivity index (χ0v) is 24.1. The number of ether oxygens (including phenoxy) is 2. The summed E-state index contributed by atoms with van der Waals surface area (Å²) in [6.07, 6.45) is 3.06. The van der Waals surface area contributed by atoms with E-state index in [1.807, 2.05) is 59.2 Å². The number of hydrogen-bond donors (Lipinski definition) is 1. The molecule has 0 bridgehead atoms. The van der Waals surface area contributed by atoms with Gasteiger partial charge in [0.25, 0.3) is 10.9 Å². The molecule has 1 aliphatic rings. The van der Waals surface area contributed by atoms with Crippen molar-refractivity contribution < 1.29 is 9.47 Å². The summed E-state index contributed by atoms with van der Waals surface area (Å²) < 4.78 is 12.9. The van der Waals surface area contributed by atoms with Crippen LogP contribution < -0.4 is 26.1 Å². The molecule has 3 aromatic heterocycles. The molecule has 0 saturated carbocycles. The second-order valence-corrected chi connectivity index (χ2v) is 10.9. The zero-order chi connectivity index (χ0) is 30.2. The second-order valence-electron chi connectivity index (χ2n) is 10.9. The molecule has 220 valence electrons. The topological polar surface area (TPSA) is 125 Å². The van der Waals surface area contributed by atoms with Gasteiger partial charge in [-0.2, -0.15) is 0 Å². The quantitative estimate of drug-likeness (QED) is 0.259. The van der Waals surface area contributed by atoms with Gasteiger partial charge in [0.1, 0.15) is 17.4 Å². The van der Waals surface area contributed by atoms with Gasteiger partial charge in [0.05, 0.1) is 18.4 Å². The fourth-order valence-electron chi connectivity index (χ4n) is 5.76. The van der Waals surface area contributed by atoms with Gasteiger partial charge in [0.15, 0.2) is 11.5 Å². The Hall–Kier alpha value is -5.35. The highest BCUT2D eigenvalue weighted by atomic mass is 16.5. The van der Waals surface area contributed by atoms with Crippen molar-refractivity contribution in [1.82, 2.24) is 24.4 Å². The highest BCUT2D eigenvalue weighted by Crippen LogP contribution is 2.32. The molecule has 0 spiro atoms. The van der Waals surface area contributed by atoms with E-state index in [9.17, 15) is 9.59 Å². The lowest BCUT2D eigenvalue weighted by atomic mass is 10.1. The van der Waals surface area contributed by atoms with Crippen molar-refractivity contribution in [2.75, 3.05) is 25.9 Å². The predicted molar refractivity (Wildman–Crippen MR) is 169 cm³/mol. The SMILES string of the molecule is COc1c(OC2CCN(Cc3ccc(-n4c(-c5cccnc5N)nc5ccc(-c6ccccc6)nc54)cc3)CC2)c(=O)c1=O. The summed E-state index contributed by atoms with van der Waals surface area (Å²) in [6.45, 7) is 2.40. The standard InChI is InChI=1S/C34H30N6O4/c1-43-30-28(41)29(42)31(30)44-24-15-18-39(19-16-24)20-21-9-11-23(12-10-21)40-33(25-8-5-17-36-32(25)35)38-27-14-13-26(37-34(27)40)22-6-3-2-4-7-22/h2-14,17,24H,15-16,18-20H2,1H3,(H2,35,36). The van der Waals surface area contributed by atoms with E-state index in [4.69, 9.17) is 25.2 Å². The summed E-state index contributed by atoms with van der Waals surface area (Å²) in [4.78, 5) is 40.1. The van der Waals surface area contributed by atoms with Crippen LogP contribution in [0.15, 0.2) is 94.6 Å². The number of fused-ring (bicyclic) bond motifs is 1. The molecule has 7 rings (SSSR count). The van der Waals surface area contributed by atoms with Crippen molar-refractivity contribution in [2.24, 2.45) is 0 Å². The second kappa shape index (κ2) is 11.4. The highest BCUT2D eigenvalue weighted by molar-refractivity contribution is 5.84. The van der Waals surface area contributed by atoms with E-state index in [1.54, 1.807) is 6.20 Å². The first-order chi connectivity index (χ1) is 21.5. The van der Waals surface area contributed by atoms with Crippen LogP contribution >= 0.6 is 0 Å². The van der Waals surface area contributed by atoms with E-state index in [1.165, 1.54) is 12.7 Å². The van der Waals surface area contributed by atoms with Crippen molar-refractivity contribution in [3.05, 3.63) is 111 Å². The Morgan fingerprint density at radius 1 is 0.864 bits per heavy atom. The number of aromatic nitrogens is 4. The van der Waals surface area contributed by atoms with Crippen molar-refractivity contribution in [1.29, 1.82) is 0 Å². The molecule has 44 heavy (non-hydrogen) atoms. The van der Waals surface area contributed by atoms with E-state index in [0.29, 0.717) is 11.6 Å². The smallest absolute Gasteiger partial charge is 0.275 e. The minimum atomic E-state index is -0.615. The first kappa shape index (κ1) is 27.5. The number of benzene rings is 2. The van der Waals surface area contributed by atoms with Crippen LogP contribution in [0.5, 0.6) is 11.5 Å². The minimum Gasteiger partial charge on any atom is -0.489 e. The van der Waals surface area contributed by atoms with Gasteiger partial charge in [-0.15, -0.1) is 0 Å². The Balaban J connectivity index is 1.13. The predicted octanol–water partition coefficient (Wildman–Crippen LogP) is 4.38. The average molecular weight is 587 g/mol. The first-order valence-corrected chi connectivity index (χ1v) is 14.5. The molecule has 0 amide bonds. The van der Waals surface area contributed by atoms with Gasteiger partial charge in [-0.25, -0.2) is 15.0 Å². The normalized spacial score (nSPS) is 14.3. The maximum atomic E-state index is 11.9. The largest absolute Gasteiger partial charge is 0.489 e. The average Bonchev–Trinajstić information content (AvgIpc) is 3.44. The monoisotopic (exact) mass is 586 g/mol. The third-order valence-electron chi connectivity index (χ3n) is 8.10. The molecule has 6 aromatic rings. The molecule has 4 heterocycles. The van der Waals surface area contributed by atoms with Crippen LogP contribution in [-0.2, 0) is 6.54 Å². The van der Waals surface area contributed by atoms with Gasteiger partial charge in [-0.3, -0.25) is 19.1 Å². The van der Waals surface area contributed by atoms with Crippen molar-refractivity contribution in [3.63, 3.8) is 0 Å². The van der Waals surface area contributed by atoms with Gasteiger partial charge in [-0.05, 0) is 54.8 Å². The number of anilines is 1. The number of methoxy groups -OCH3 is 1. The molecular weight excluding hydrogens is 556 g/mol. The summed E-state index contributed by atoms with van der Waals surface area (Å²) in [5.74, 6) is 1.18. The van der Waals surface area contributed by atoms with E-state index < -0.39 is 10.9 Å². The zero-order valence-electron chi connectivity index (χ0n) is 24.1. The number of pyridine rings is 2. The van der Waals surface area contributed by atoms with Crippen LogP contribution in [0.1, 0.15) is 18.4 Å². The number of likely N-dealkylation sites (tertiary alicyclic amines) is 1. The van der Waals surface area contributed by atoms with E-state index in [0.717, 1.165) is 66.1 Å². The van der Waals surface area contributed by atoms with Gasteiger partial charge >= 0.3 is 0 Å². The number of nitrogen functional groups attached to an aromatic ring is 1. The number of nitrogens with two attached hydrogens (primary N) is 1. The summed E-state index contributed by atoms with van der Waals surface area (Å²) in [5.41, 5.74) is 11.3. The molecule has 1 fully saturated rings. The van der Waals surface area contributed by atoms with Crippen LogP contribution in [-0.4, -0.2) is 50.7 Å². The molecule has 0 unspecified atom stereocenters. The van der Waals surface area contributed by atoms with Crippen LogP contribution in [0.4, 0.5) is 5.82 Å². The molecule has 10 nitrogen and oxygen atoms in total. The number of imidazole rings is 1. The molecule has 2 N–H and O–H groups in total. The fraction of sp³-hybridized carbons (Fsp3) is 0.206. The van der Waals surface area contributed by atoms with Crippen LogP contribution in [0.25, 0.3) is 39.5 Å². The lowest BCUT2D eigenvalue weighted by Gasteiger charge is -2.32. The molecule has 0 atom stereocenters. The Labute approximate surface area is 253 Å². The minimum absolute atomic E-state index is 0.0315. The lowest BCUT2D eigenvalue weighted by Crippen LogP contribution is -2.41. The number of piperidine rings is 1. The Morgan fingerprint density at radius 2 is 1.61 bits per heavy atom. The molecular formula is C34H30N6O4. The summed E-state index contributed by atoms with van der Waals surface area (Å²) >= 11 is 0. The Kier molecular flexibility index (Phi) is 7.11. The van der Waals surface area contributed by atoms with Gasteiger partial charge in [0, 0.05) is 37.1 Å². The summed E-state index contributed by atoms with van der Waals surface area (Å²) in [7, 11) is 1.37. The van der Waals surface area contributed by atoms with Crippen molar-refractivity contribution in [3.8, 4) is 39.8 Å². The molecule has 3 aromatic carbocycles. The lowest BCUT2D eigenvalue weighted by molar-refractivity contribution is 0.0918. The Bertz CT molecular complexity index is 2020. The molecule has 1 saturated heterocycles. The van der Waals surface area contributed by atoms with Crippen molar-refractivity contribution >= 4 is 17.0 Å². The first-order valence-electron chi connectivity index (χ1n) is 14.5. The van der Waals surface area contributed by atoms with E-state index in [-0.39, 0.29) is 17.6 Å². The molecule has 1 aliphatic heterocycles. The van der Waals surface area contributed by atoms with E-state index >= 15 is 0 Å². The van der Waals surface area contributed by atoms with Crippen LogP contribution in [0, 0.1) is 0 Å². The van der Waals surface area contributed by atoms with Crippen LogP contribution in [0.3, 0.4) is 0 Å². The van der Waals surface area contributed by atoms with E-state index in [2.05, 4.69) is 34.1 Å². The maximum absolute atomic E-state index is 11.9. The van der Waals surface area contributed by atoms with Gasteiger partial charge in [0.2, 0.25) is 11.5 Å². The molecule has 0 aliphatic carbocycles. The fourth-order valence-corrected chi connectivity index (χ4v) is 5.76. The van der Waals surface area contributed by atoms with Gasteiger partial charge < -0.3 is 15.2 Å². The molecule has 0 radical (unpaired) electrons.